The fourth-order valence-electron chi connectivity index (χ4n) is 3.97. The van der Waals surface area contributed by atoms with Gasteiger partial charge in [-0.3, -0.25) is 4.79 Å². The molecule has 3 rings (SSSR count). The molecule has 2 fully saturated rings. The highest BCUT2D eigenvalue weighted by atomic mass is 16.4. The second-order valence-corrected chi connectivity index (χ2v) is 5.98. The predicted octanol–water partition coefficient (Wildman–Crippen LogP) is 1.50. The Morgan fingerprint density at radius 2 is 1.74 bits per heavy atom. The van der Waals surface area contributed by atoms with E-state index in [0.717, 1.165) is 32.1 Å². The average molecular weight is 264 g/mol. The van der Waals surface area contributed by atoms with Gasteiger partial charge in [-0.1, -0.05) is 12.2 Å². The van der Waals surface area contributed by atoms with E-state index in [4.69, 9.17) is 0 Å². The van der Waals surface area contributed by atoms with Crippen LogP contribution in [0, 0.1) is 17.8 Å². The van der Waals surface area contributed by atoms with Crippen LogP contribution >= 0.6 is 0 Å². The Kier molecular flexibility index (Phi) is 3.21. The van der Waals surface area contributed by atoms with E-state index < -0.39 is 11.9 Å². The molecule has 5 nitrogen and oxygen atoms in total. The van der Waals surface area contributed by atoms with E-state index in [2.05, 4.69) is 22.8 Å². The Balaban J connectivity index is 1.58. The zero-order valence-electron chi connectivity index (χ0n) is 10.8. The van der Waals surface area contributed by atoms with Crippen molar-refractivity contribution in [3.63, 3.8) is 0 Å². The number of carboxylic acids is 1. The summed E-state index contributed by atoms with van der Waals surface area (Å²) in [6.45, 7) is 0. The lowest BCUT2D eigenvalue weighted by molar-refractivity contribution is -0.144. The molecule has 0 heterocycles. The van der Waals surface area contributed by atoms with Gasteiger partial charge in [-0.25, -0.2) is 4.79 Å². The SMILES string of the molecule is O=C(NC1CC=CC1)NC1C2CCC(C2)C1C(=O)O. The Labute approximate surface area is 112 Å². The third kappa shape index (κ3) is 2.33. The molecule has 3 aliphatic carbocycles. The standard InChI is InChI=1S/C14H20N2O3/c17-13(18)11-8-5-6-9(7-8)12(11)16-14(19)15-10-3-1-2-4-10/h1-2,8-12H,3-7H2,(H,17,18)(H2,15,16,19). The Morgan fingerprint density at radius 1 is 1.05 bits per heavy atom. The van der Waals surface area contributed by atoms with Gasteiger partial charge in [0.15, 0.2) is 0 Å². The topological polar surface area (TPSA) is 78.4 Å². The summed E-state index contributed by atoms with van der Waals surface area (Å²) < 4.78 is 0. The molecule has 0 radical (unpaired) electrons. The average Bonchev–Trinajstić information content (AvgIpc) is 3.03. The van der Waals surface area contributed by atoms with Gasteiger partial charge in [0.2, 0.25) is 0 Å². The molecular weight excluding hydrogens is 244 g/mol. The molecule has 19 heavy (non-hydrogen) atoms. The summed E-state index contributed by atoms with van der Waals surface area (Å²) in [6.07, 6.45) is 8.84. The molecule has 3 N–H and O–H groups in total. The first-order valence-corrected chi connectivity index (χ1v) is 7.10. The largest absolute Gasteiger partial charge is 0.481 e. The van der Waals surface area contributed by atoms with Gasteiger partial charge < -0.3 is 15.7 Å². The summed E-state index contributed by atoms with van der Waals surface area (Å²) in [5, 5.41) is 15.2. The summed E-state index contributed by atoms with van der Waals surface area (Å²) in [7, 11) is 0. The van der Waals surface area contributed by atoms with Crippen molar-refractivity contribution in [1.82, 2.24) is 10.6 Å². The van der Waals surface area contributed by atoms with Crippen molar-refractivity contribution in [2.24, 2.45) is 17.8 Å². The zero-order valence-corrected chi connectivity index (χ0v) is 10.8. The third-order valence-corrected chi connectivity index (χ3v) is 4.84. The van der Waals surface area contributed by atoms with E-state index in [1.807, 2.05) is 0 Å². The van der Waals surface area contributed by atoms with Gasteiger partial charge in [0.05, 0.1) is 5.92 Å². The lowest BCUT2D eigenvalue weighted by atomic mass is 9.84. The van der Waals surface area contributed by atoms with Gasteiger partial charge in [0.1, 0.15) is 0 Å². The molecule has 0 aromatic heterocycles. The third-order valence-electron chi connectivity index (χ3n) is 4.84. The van der Waals surface area contributed by atoms with Gasteiger partial charge in [0.25, 0.3) is 0 Å². The van der Waals surface area contributed by atoms with Crippen molar-refractivity contribution in [3.05, 3.63) is 12.2 Å². The first-order chi connectivity index (χ1) is 9.15. The highest BCUT2D eigenvalue weighted by Crippen LogP contribution is 2.48. The van der Waals surface area contributed by atoms with Crippen molar-refractivity contribution in [2.45, 2.75) is 44.2 Å². The van der Waals surface area contributed by atoms with Gasteiger partial charge in [-0.2, -0.15) is 0 Å². The van der Waals surface area contributed by atoms with Crippen LogP contribution in [0.3, 0.4) is 0 Å². The molecule has 2 saturated carbocycles. The van der Waals surface area contributed by atoms with Gasteiger partial charge in [-0.15, -0.1) is 0 Å². The first-order valence-electron chi connectivity index (χ1n) is 7.10. The summed E-state index contributed by atoms with van der Waals surface area (Å²) in [6, 6.07) is -0.231. The summed E-state index contributed by atoms with van der Waals surface area (Å²) >= 11 is 0. The zero-order chi connectivity index (χ0) is 13.4. The van der Waals surface area contributed by atoms with Crippen LogP contribution in [-0.2, 0) is 4.79 Å². The summed E-state index contributed by atoms with van der Waals surface area (Å²) in [5.41, 5.74) is 0. The summed E-state index contributed by atoms with van der Waals surface area (Å²) in [4.78, 5) is 23.3. The smallest absolute Gasteiger partial charge is 0.315 e. The number of hydrogen-bond donors (Lipinski definition) is 3. The number of fused-ring (bicyclic) bond motifs is 2. The molecule has 4 atom stereocenters. The van der Waals surface area contributed by atoms with Crippen LogP contribution in [0.5, 0.6) is 0 Å². The van der Waals surface area contributed by atoms with Crippen molar-refractivity contribution in [3.8, 4) is 0 Å². The van der Waals surface area contributed by atoms with Crippen molar-refractivity contribution < 1.29 is 14.7 Å². The Morgan fingerprint density at radius 3 is 2.42 bits per heavy atom. The monoisotopic (exact) mass is 264 g/mol. The van der Waals surface area contributed by atoms with E-state index in [1.165, 1.54) is 0 Å². The molecule has 2 bridgehead atoms. The molecule has 0 saturated heterocycles. The number of hydrogen-bond acceptors (Lipinski definition) is 2. The lowest BCUT2D eigenvalue weighted by Gasteiger charge is -2.29. The van der Waals surface area contributed by atoms with Gasteiger partial charge in [0, 0.05) is 12.1 Å². The molecule has 0 aliphatic heterocycles. The maximum Gasteiger partial charge on any atom is 0.315 e. The molecular formula is C14H20N2O3. The second kappa shape index (κ2) is 4.87. The number of carboxylic acid groups (broad SMARTS) is 1. The minimum Gasteiger partial charge on any atom is -0.481 e. The van der Waals surface area contributed by atoms with E-state index in [-0.39, 0.29) is 24.0 Å². The molecule has 0 spiro atoms. The van der Waals surface area contributed by atoms with Crippen LogP contribution in [0.25, 0.3) is 0 Å². The Bertz CT molecular complexity index is 413. The molecule has 104 valence electrons. The predicted molar refractivity (Wildman–Crippen MR) is 69.6 cm³/mol. The van der Waals surface area contributed by atoms with Crippen LogP contribution in [0.2, 0.25) is 0 Å². The minimum absolute atomic E-state index is 0.168. The Hall–Kier alpha value is -1.52. The van der Waals surface area contributed by atoms with E-state index in [1.54, 1.807) is 0 Å². The van der Waals surface area contributed by atoms with Crippen LogP contribution in [0.1, 0.15) is 32.1 Å². The molecule has 2 amide bonds. The number of amides is 2. The van der Waals surface area contributed by atoms with Crippen LogP contribution in [0.15, 0.2) is 12.2 Å². The minimum atomic E-state index is -0.764. The fourth-order valence-corrected chi connectivity index (χ4v) is 3.97. The van der Waals surface area contributed by atoms with E-state index >= 15 is 0 Å². The highest BCUT2D eigenvalue weighted by Gasteiger charge is 2.51. The maximum atomic E-state index is 12.0. The van der Waals surface area contributed by atoms with Crippen LogP contribution in [0.4, 0.5) is 4.79 Å². The van der Waals surface area contributed by atoms with Crippen molar-refractivity contribution in [1.29, 1.82) is 0 Å². The molecule has 0 aromatic rings. The number of rotatable bonds is 3. The van der Waals surface area contributed by atoms with Gasteiger partial charge in [-0.05, 0) is 43.9 Å². The van der Waals surface area contributed by atoms with E-state index in [9.17, 15) is 14.7 Å². The quantitative estimate of drug-likeness (QED) is 0.676. The fraction of sp³-hybridized carbons (Fsp3) is 0.714. The van der Waals surface area contributed by atoms with Crippen molar-refractivity contribution >= 4 is 12.0 Å². The second-order valence-electron chi connectivity index (χ2n) is 5.98. The number of nitrogens with one attached hydrogen (secondary N) is 2. The van der Waals surface area contributed by atoms with Crippen LogP contribution < -0.4 is 10.6 Å². The lowest BCUT2D eigenvalue weighted by Crippen LogP contribution is -2.51. The molecule has 0 aromatic carbocycles. The van der Waals surface area contributed by atoms with Crippen LogP contribution in [-0.4, -0.2) is 29.2 Å². The molecule has 4 unspecified atom stereocenters. The summed E-state index contributed by atoms with van der Waals surface area (Å²) in [5.74, 6) is -0.564. The number of aliphatic carboxylic acids is 1. The molecule has 5 heteroatoms. The number of carbonyl (C=O) groups is 2. The highest BCUT2D eigenvalue weighted by molar-refractivity contribution is 5.77. The van der Waals surface area contributed by atoms with Gasteiger partial charge >= 0.3 is 12.0 Å². The normalized spacial score (nSPS) is 36.6. The molecule has 3 aliphatic rings. The van der Waals surface area contributed by atoms with E-state index in [0.29, 0.717) is 5.92 Å². The maximum absolute atomic E-state index is 12.0. The first kappa shape index (κ1) is 12.5. The number of carbonyl (C=O) groups excluding carboxylic acids is 1. The van der Waals surface area contributed by atoms with Crippen molar-refractivity contribution in [2.75, 3.05) is 0 Å². The number of urea groups is 1.